The third kappa shape index (κ3) is 3.98. The lowest BCUT2D eigenvalue weighted by molar-refractivity contribution is -0.139. The number of hydrogen-bond donors (Lipinski definition) is 0. The van der Waals surface area contributed by atoms with Crippen LogP contribution in [0.4, 0.5) is 4.39 Å². The van der Waals surface area contributed by atoms with Gasteiger partial charge in [0.15, 0.2) is 0 Å². The van der Waals surface area contributed by atoms with Crippen molar-refractivity contribution >= 4 is 5.91 Å². The van der Waals surface area contributed by atoms with E-state index in [0.29, 0.717) is 11.8 Å². The summed E-state index contributed by atoms with van der Waals surface area (Å²) >= 11 is 0. The normalized spacial score (nSPS) is 26.1. The molecule has 1 spiro atoms. The fourth-order valence-corrected chi connectivity index (χ4v) is 5.82. The maximum atomic E-state index is 13.5. The minimum Gasteiger partial charge on any atom is -0.339 e. The van der Waals surface area contributed by atoms with Gasteiger partial charge in [-0.05, 0) is 75.2 Å². The standard InChI is InChI=1S/C24H35FN2O/c1-18(2)17-27-22(15-19-7-9-20(25)10-8-19)16-24(23(27)28)11-13-26(14-12-24)21-5-3-4-6-21/h7-10,18,21-22H,3-6,11-17H2,1-2H3. The van der Waals surface area contributed by atoms with E-state index in [4.69, 9.17) is 0 Å². The van der Waals surface area contributed by atoms with E-state index in [1.54, 1.807) is 0 Å². The summed E-state index contributed by atoms with van der Waals surface area (Å²) in [5.74, 6) is 0.661. The van der Waals surface area contributed by atoms with Crippen LogP contribution < -0.4 is 0 Å². The molecule has 4 rings (SSSR count). The molecule has 3 aliphatic rings. The number of benzene rings is 1. The van der Waals surface area contributed by atoms with Crippen LogP contribution in [0.5, 0.6) is 0 Å². The molecule has 154 valence electrons. The van der Waals surface area contributed by atoms with Gasteiger partial charge >= 0.3 is 0 Å². The number of rotatable bonds is 5. The van der Waals surface area contributed by atoms with Crippen molar-refractivity contribution in [3.05, 3.63) is 35.6 Å². The molecule has 3 fully saturated rings. The Morgan fingerprint density at radius 3 is 2.36 bits per heavy atom. The van der Waals surface area contributed by atoms with Crippen molar-refractivity contribution in [2.24, 2.45) is 11.3 Å². The SMILES string of the molecule is CC(C)CN1C(=O)C2(CCN(C3CCCC3)CC2)CC1Cc1ccc(F)cc1. The first kappa shape index (κ1) is 19.9. The van der Waals surface area contributed by atoms with E-state index in [1.807, 2.05) is 12.1 Å². The molecule has 1 saturated carbocycles. The van der Waals surface area contributed by atoms with E-state index >= 15 is 0 Å². The summed E-state index contributed by atoms with van der Waals surface area (Å²) in [6.07, 6.45) is 9.25. The predicted octanol–water partition coefficient (Wildman–Crippen LogP) is 4.65. The van der Waals surface area contributed by atoms with Gasteiger partial charge in [0.1, 0.15) is 5.82 Å². The van der Waals surface area contributed by atoms with Gasteiger partial charge in [-0.2, -0.15) is 0 Å². The van der Waals surface area contributed by atoms with E-state index in [2.05, 4.69) is 23.6 Å². The quantitative estimate of drug-likeness (QED) is 0.735. The zero-order valence-electron chi connectivity index (χ0n) is 17.5. The number of carbonyl (C=O) groups excluding carboxylic acids is 1. The maximum absolute atomic E-state index is 13.5. The summed E-state index contributed by atoms with van der Waals surface area (Å²) in [5, 5.41) is 0. The molecule has 1 aromatic rings. The summed E-state index contributed by atoms with van der Waals surface area (Å²) in [4.78, 5) is 18.4. The van der Waals surface area contributed by atoms with Crippen LogP contribution in [0.15, 0.2) is 24.3 Å². The zero-order chi connectivity index (χ0) is 19.7. The first-order valence-corrected chi connectivity index (χ1v) is 11.3. The highest BCUT2D eigenvalue weighted by Gasteiger charge is 2.52. The van der Waals surface area contributed by atoms with Gasteiger partial charge in [0.25, 0.3) is 0 Å². The van der Waals surface area contributed by atoms with Crippen molar-refractivity contribution in [2.45, 2.75) is 77.3 Å². The highest BCUT2D eigenvalue weighted by Crippen LogP contribution is 2.46. The number of likely N-dealkylation sites (tertiary alicyclic amines) is 2. The molecule has 4 heteroatoms. The summed E-state index contributed by atoms with van der Waals surface area (Å²) in [6, 6.07) is 7.83. The second-order valence-corrected chi connectivity index (χ2v) is 9.79. The molecule has 1 unspecified atom stereocenters. The molecule has 1 aromatic carbocycles. The summed E-state index contributed by atoms with van der Waals surface area (Å²) in [6.45, 7) is 7.37. The van der Waals surface area contributed by atoms with Gasteiger partial charge in [-0.15, -0.1) is 0 Å². The van der Waals surface area contributed by atoms with Crippen LogP contribution in [0, 0.1) is 17.2 Å². The minimum atomic E-state index is -0.193. The van der Waals surface area contributed by atoms with Gasteiger partial charge in [-0.1, -0.05) is 38.8 Å². The lowest BCUT2D eigenvalue weighted by atomic mass is 9.75. The van der Waals surface area contributed by atoms with Crippen LogP contribution >= 0.6 is 0 Å². The maximum Gasteiger partial charge on any atom is 0.229 e. The van der Waals surface area contributed by atoms with Crippen LogP contribution in [-0.4, -0.2) is 47.4 Å². The molecule has 2 heterocycles. The van der Waals surface area contributed by atoms with Crippen LogP contribution in [0.1, 0.15) is 64.4 Å². The Morgan fingerprint density at radius 2 is 1.75 bits per heavy atom. The molecule has 0 aromatic heterocycles. The van der Waals surface area contributed by atoms with Crippen molar-refractivity contribution in [2.75, 3.05) is 19.6 Å². The van der Waals surface area contributed by atoms with E-state index in [-0.39, 0.29) is 17.3 Å². The highest BCUT2D eigenvalue weighted by molar-refractivity contribution is 5.85. The predicted molar refractivity (Wildman–Crippen MR) is 111 cm³/mol. The Balaban J connectivity index is 1.47. The average Bonchev–Trinajstić information content (AvgIpc) is 3.28. The average molecular weight is 387 g/mol. The number of amides is 1. The zero-order valence-corrected chi connectivity index (χ0v) is 17.5. The van der Waals surface area contributed by atoms with Crippen LogP contribution in [0.3, 0.4) is 0 Å². The molecule has 0 N–H and O–H groups in total. The van der Waals surface area contributed by atoms with E-state index in [9.17, 15) is 9.18 Å². The van der Waals surface area contributed by atoms with Crippen molar-refractivity contribution in [1.82, 2.24) is 9.80 Å². The number of piperidine rings is 1. The fraction of sp³-hybridized carbons (Fsp3) is 0.708. The van der Waals surface area contributed by atoms with Crippen LogP contribution in [-0.2, 0) is 11.2 Å². The molecule has 3 nitrogen and oxygen atoms in total. The second-order valence-electron chi connectivity index (χ2n) is 9.79. The van der Waals surface area contributed by atoms with Gasteiger partial charge in [0.2, 0.25) is 5.91 Å². The molecule has 0 bridgehead atoms. The smallest absolute Gasteiger partial charge is 0.229 e. The Hall–Kier alpha value is -1.42. The van der Waals surface area contributed by atoms with Gasteiger partial charge in [-0.25, -0.2) is 4.39 Å². The van der Waals surface area contributed by atoms with Gasteiger partial charge < -0.3 is 9.80 Å². The molecule has 2 saturated heterocycles. The third-order valence-electron chi connectivity index (χ3n) is 7.32. The Labute approximate surface area is 169 Å². The molecule has 1 atom stereocenters. The first-order chi connectivity index (χ1) is 13.5. The number of hydrogen-bond acceptors (Lipinski definition) is 2. The topological polar surface area (TPSA) is 23.6 Å². The molecule has 28 heavy (non-hydrogen) atoms. The Kier molecular flexibility index (Phi) is 5.78. The minimum absolute atomic E-state index is 0.158. The van der Waals surface area contributed by atoms with Gasteiger partial charge in [-0.3, -0.25) is 4.79 Å². The highest BCUT2D eigenvalue weighted by atomic mass is 19.1. The summed E-state index contributed by atoms with van der Waals surface area (Å²) < 4.78 is 13.3. The largest absolute Gasteiger partial charge is 0.339 e. The van der Waals surface area contributed by atoms with E-state index < -0.39 is 0 Å². The van der Waals surface area contributed by atoms with Crippen molar-refractivity contribution < 1.29 is 9.18 Å². The monoisotopic (exact) mass is 386 g/mol. The lowest BCUT2D eigenvalue weighted by Gasteiger charge is -2.40. The molecular weight excluding hydrogens is 351 g/mol. The van der Waals surface area contributed by atoms with Gasteiger partial charge in [0.05, 0.1) is 5.41 Å². The number of carbonyl (C=O) groups is 1. The van der Waals surface area contributed by atoms with Crippen LogP contribution in [0.2, 0.25) is 0 Å². The fourth-order valence-electron chi connectivity index (χ4n) is 5.82. The van der Waals surface area contributed by atoms with E-state index in [0.717, 1.165) is 56.9 Å². The molecule has 1 aliphatic carbocycles. The summed E-state index contributed by atoms with van der Waals surface area (Å²) in [5.41, 5.74) is 0.975. The third-order valence-corrected chi connectivity index (χ3v) is 7.32. The Morgan fingerprint density at radius 1 is 1.11 bits per heavy atom. The molecule has 2 aliphatic heterocycles. The molecular formula is C24H35FN2O. The summed E-state index contributed by atoms with van der Waals surface area (Å²) in [7, 11) is 0. The number of halogens is 1. The van der Waals surface area contributed by atoms with Gasteiger partial charge in [0, 0.05) is 18.6 Å². The first-order valence-electron chi connectivity index (χ1n) is 11.3. The Bertz CT molecular complexity index is 672. The second kappa shape index (κ2) is 8.14. The molecule has 0 radical (unpaired) electrons. The van der Waals surface area contributed by atoms with Crippen molar-refractivity contribution in [3.8, 4) is 0 Å². The van der Waals surface area contributed by atoms with Crippen molar-refractivity contribution in [1.29, 1.82) is 0 Å². The number of nitrogens with zero attached hydrogens (tertiary/aromatic N) is 2. The van der Waals surface area contributed by atoms with Crippen molar-refractivity contribution in [3.63, 3.8) is 0 Å². The van der Waals surface area contributed by atoms with Crippen LogP contribution in [0.25, 0.3) is 0 Å². The lowest BCUT2D eigenvalue weighted by Crippen LogP contribution is -2.47. The molecule has 1 amide bonds. The van der Waals surface area contributed by atoms with E-state index in [1.165, 1.54) is 37.8 Å².